The van der Waals surface area contributed by atoms with Crippen molar-refractivity contribution in [3.05, 3.63) is 58.8 Å². The minimum atomic E-state index is -2.65. The highest BCUT2D eigenvalue weighted by atomic mass is 32.2. The third-order valence-corrected chi connectivity index (χ3v) is 8.38. The van der Waals surface area contributed by atoms with Gasteiger partial charge in [-0.3, -0.25) is 4.90 Å². The van der Waals surface area contributed by atoms with Gasteiger partial charge in [0, 0.05) is 54.3 Å². The zero-order valence-electron chi connectivity index (χ0n) is 21.1. The Balaban J connectivity index is 1.58. The average molecular weight is 532 g/mol. The van der Waals surface area contributed by atoms with E-state index in [0.717, 1.165) is 33.3 Å². The molecule has 3 N–H and O–H groups in total. The summed E-state index contributed by atoms with van der Waals surface area (Å²) in [5.74, 6) is -2.98. The number of aromatic amines is 1. The molecule has 2 unspecified atom stereocenters. The first kappa shape index (κ1) is 25.7. The van der Waals surface area contributed by atoms with Crippen molar-refractivity contribution in [1.29, 1.82) is 0 Å². The quantitative estimate of drug-likeness (QED) is 0.367. The van der Waals surface area contributed by atoms with Crippen LogP contribution in [0.2, 0.25) is 0 Å². The van der Waals surface area contributed by atoms with Crippen molar-refractivity contribution in [1.82, 2.24) is 9.88 Å². The molecule has 0 bridgehead atoms. The predicted octanol–water partition coefficient (Wildman–Crippen LogP) is 5.64. The lowest BCUT2D eigenvalue weighted by Crippen LogP contribution is -2.53. The normalized spacial score (nSPS) is 21.5. The van der Waals surface area contributed by atoms with Crippen molar-refractivity contribution in [3.8, 4) is 5.75 Å². The number of ether oxygens (including phenoxy) is 1. The van der Waals surface area contributed by atoms with Crippen LogP contribution in [-0.2, 0) is 17.5 Å². The highest BCUT2D eigenvalue weighted by Gasteiger charge is 2.58. The van der Waals surface area contributed by atoms with Gasteiger partial charge in [-0.2, -0.15) is 0 Å². The number of aromatic carboxylic acids is 1. The van der Waals surface area contributed by atoms with Crippen molar-refractivity contribution in [3.63, 3.8) is 0 Å². The van der Waals surface area contributed by atoms with Crippen molar-refractivity contribution in [2.45, 2.75) is 51.1 Å². The van der Waals surface area contributed by atoms with Gasteiger partial charge in [-0.15, -0.1) is 0 Å². The molecule has 1 aliphatic heterocycles. The van der Waals surface area contributed by atoms with Crippen LogP contribution in [0.3, 0.4) is 0 Å². The van der Waals surface area contributed by atoms with Gasteiger partial charge in [0.25, 0.3) is 0 Å². The number of hydrogen-bond acceptors (Lipinski definition) is 4. The summed E-state index contributed by atoms with van der Waals surface area (Å²) in [5, 5.41) is 10.6. The molecule has 10 heteroatoms. The van der Waals surface area contributed by atoms with E-state index in [1.165, 1.54) is 18.4 Å². The van der Waals surface area contributed by atoms with E-state index in [1.807, 2.05) is 25.3 Å². The van der Waals surface area contributed by atoms with Crippen LogP contribution in [0, 0.1) is 12.3 Å². The van der Waals surface area contributed by atoms with Gasteiger partial charge in [0.1, 0.15) is 16.7 Å². The van der Waals surface area contributed by atoms with Gasteiger partial charge in [-0.25, -0.2) is 17.8 Å². The Bertz CT molecular complexity index is 1380. The van der Waals surface area contributed by atoms with Gasteiger partial charge < -0.3 is 19.5 Å². The number of piperidine rings is 1. The lowest BCUT2D eigenvalue weighted by Gasteiger charge is -2.55. The van der Waals surface area contributed by atoms with Gasteiger partial charge in [0.15, 0.2) is 0 Å². The summed E-state index contributed by atoms with van der Waals surface area (Å²) in [7, 11) is 0.190. The summed E-state index contributed by atoms with van der Waals surface area (Å²) < 4.78 is 48.9. The molecule has 2 heterocycles. The van der Waals surface area contributed by atoms with Crippen LogP contribution >= 0.6 is 0 Å². The molecule has 7 nitrogen and oxygen atoms in total. The van der Waals surface area contributed by atoms with E-state index in [1.54, 1.807) is 13.2 Å². The van der Waals surface area contributed by atoms with Crippen molar-refractivity contribution in [2.24, 2.45) is 5.41 Å². The number of nitrogens with one attached hydrogen (secondary N) is 2. The molecular formula is C27H31F2N3O4S. The van der Waals surface area contributed by atoms with E-state index in [9.17, 15) is 22.9 Å². The number of methoxy groups -OCH3 is 1. The fraction of sp³-hybridized carbons (Fsp3) is 0.444. The lowest BCUT2D eigenvalue weighted by molar-refractivity contribution is -0.186. The third kappa shape index (κ3) is 4.84. The number of aryl methyl sites for hydroxylation is 1. The average Bonchev–Trinajstić information content (AvgIpc) is 3.31. The Labute approximate surface area is 216 Å². The Morgan fingerprint density at radius 3 is 2.70 bits per heavy atom. The number of alkyl halides is 2. The molecule has 1 saturated carbocycles. The highest BCUT2D eigenvalue weighted by molar-refractivity contribution is 7.85. The molecule has 5 rings (SSSR count). The Hall–Kier alpha value is -2.98. The van der Waals surface area contributed by atoms with Gasteiger partial charge >= 0.3 is 5.97 Å². The monoisotopic (exact) mass is 531 g/mol. The first-order valence-electron chi connectivity index (χ1n) is 12.2. The zero-order valence-corrected chi connectivity index (χ0v) is 21.9. The molecule has 2 fully saturated rings. The molecule has 0 amide bonds. The van der Waals surface area contributed by atoms with Crippen LogP contribution in [0.5, 0.6) is 5.75 Å². The van der Waals surface area contributed by atoms with E-state index in [2.05, 4.69) is 14.6 Å². The number of aromatic nitrogens is 1. The maximum absolute atomic E-state index is 14.1. The molecule has 1 aliphatic carbocycles. The summed E-state index contributed by atoms with van der Waals surface area (Å²) in [6.07, 6.45) is 4.24. The van der Waals surface area contributed by atoms with Crippen LogP contribution in [0.15, 0.2) is 36.5 Å². The zero-order chi connectivity index (χ0) is 26.5. The number of likely N-dealkylation sites (tertiary alicyclic amines) is 1. The number of benzene rings is 2. The van der Waals surface area contributed by atoms with Gasteiger partial charge in [-0.1, -0.05) is 6.07 Å². The van der Waals surface area contributed by atoms with Crippen LogP contribution in [0.4, 0.5) is 14.5 Å². The summed E-state index contributed by atoms with van der Waals surface area (Å²) >= 11 is 0. The number of carboxylic acid groups (broad SMARTS) is 1. The molecule has 0 radical (unpaired) electrons. The molecule has 2 atom stereocenters. The maximum atomic E-state index is 14.1. The lowest BCUT2D eigenvalue weighted by atomic mass is 9.59. The standard InChI is InChI=1S/C27H31F2N3O4S/c1-16-10-23(36-2)20(18-6-8-30-24(16)18)13-32-9-7-26(14-27(28,29)15-26)12-22(32)19-5-4-17(25(33)34)11-21(19)31-37(3)35/h4-6,8,10-11,22,30-31H,7,9,12-15H2,1-3H3,(H,33,34). The second kappa shape index (κ2) is 9.40. The number of rotatable bonds is 7. The first-order chi connectivity index (χ1) is 17.5. The summed E-state index contributed by atoms with van der Waals surface area (Å²) in [4.78, 5) is 17.2. The fourth-order valence-electron chi connectivity index (χ4n) is 6.25. The second-order valence-corrected chi connectivity index (χ2v) is 11.6. The number of carbonyl (C=O) groups is 1. The Morgan fingerprint density at radius 1 is 1.30 bits per heavy atom. The highest BCUT2D eigenvalue weighted by Crippen LogP contribution is 2.61. The molecule has 3 aromatic rings. The summed E-state index contributed by atoms with van der Waals surface area (Å²) in [6, 6.07) is 8.46. The van der Waals surface area contributed by atoms with E-state index < -0.39 is 28.3 Å². The van der Waals surface area contributed by atoms with E-state index in [4.69, 9.17) is 4.74 Å². The number of fused-ring (bicyclic) bond motifs is 1. The van der Waals surface area contributed by atoms with Gasteiger partial charge in [0.2, 0.25) is 5.92 Å². The number of halogens is 2. The van der Waals surface area contributed by atoms with Crippen LogP contribution in [-0.4, -0.2) is 51.0 Å². The van der Waals surface area contributed by atoms with Crippen molar-refractivity contribution < 1.29 is 27.6 Å². The minimum absolute atomic E-state index is 0.0678. The van der Waals surface area contributed by atoms with Gasteiger partial charge in [-0.05, 0) is 67.1 Å². The van der Waals surface area contributed by atoms with E-state index in [0.29, 0.717) is 31.6 Å². The second-order valence-electron chi connectivity index (χ2n) is 10.5. The molecule has 1 saturated heterocycles. The van der Waals surface area contributed by atoms with Crippen LogP contribution < -0.4 is 9.46 Å². The van der Waals surface area contributed by atoms with Gasteiger partial charge in [0.05, 0.1) is 18.4 Å². The Morgan fingerprint density at radius 2 is 2.05 bits per heavy atom. The van der Waals surface area contributed by atoms with Crippen LogP contribution in [0.25, 0.3) is 10.9 Å². The topological polar surface area (TPSA) is 94.7 Å². The third-order valence-electron chi connectivity index (χ3n) is 7.87. The fourth-order valence-corrected chi connectivity index (χ4v) is 6.73. The summed E-state index contributed by atoms with van der Waals surface area (Å²) in [5.41, 5.74) is 3.88. The SMILES string of the molecule is COc1cc(C)c2[nH]ccc2c1CN1CCC2(CC1c1ccc(C(=O)O)cc1NS(C)=O)CC(F)(F)C2. The molecule has 198 valence electrons. The van der Waals surface area contributed by atoms with E-state index in [-0.39, 0.29) is 24.4 Å². The molecule has 1 spiro atoms. The molecule has 2 aliphatic rings. The number of nitrogens with zero attached hydrogens (tertiary/aromatic N) is 1. The molecule has 37 heavy (non-hydrogen) atoms. The minimum Gasteiger partial charge on any atom is -0.496 e. The molecular weight excluding hydrogens is 500 g/mol. The van der Waals surface area contributed by atoms with Crippen molar-refractivity contribution >= 4 is 33.5 Å². The number of anilines is 1. The number of carboxylic acids is 1. The number of hydrogen-bond donors (Lipinski definition) is 3. The molecule has 1 aromatic heterocycles. The van der Waals surface area contributed by atoms with E-state index >= 15 is 0 Å². The maximum Gasteiger partial charge on any atom is 0.335 e. The largest absolute Gasteiger partial charge is 0.496 e. The van der Waals surface area contributed by atoms with Crippen molar-refractivity contribution in [2.75, 3.05) is 24.6 Å². The molecule has 2 aromatic carbocycles. The van der Waals surface area contributed by atoms with Crippen LogP contribution in [0.1, 0.15) is 58.8 Å². The summed E-state index contributed by atoms with van der Waals surface area (Å²) in [6.45, 7) is 3.13. The Kier molecular flexibility index (Phi) is 6.52. The predicted molar refractivity (Wildman–Crippen MR) is 140 cm³/mol. The smallest absolute Gasteiger partial charge is 0.335 e. The first-order valence-corrected chi connectivity index (χ1v) is 13.8. The number of H-pyrrole nitrogens is 1.